The van der Waals surface area contributed by atoms with Gasteiger partial charge in [0.1, 0.15) is 0 Å². The summed E-state index contributed by atoms with van der Waals surface area (Å²) < 4.78 is 5.50. The van der Waals surface area contributed by atoms with Gasteiger partial charge in [-0.05, 0) is 56.3 Å². The SMILES string of the molecule is CCOCCC(CNCC(C)C)Cc1ccccc1Cl. The van der Waals surface area contributed by atoms with E-state index in [9.17, 15) is 0 Å². The Morgan fingerprint density at radius 1 is 1.20 bits per heavy atom. The number of benzene rings is 1. The molecule has 1 N–H and O–H groups in total. The van der Waals surface area contributed by atoms with Crippen molar-refractivity contribution in [3.63, 3.8) is 0 Å². The molecule has 1 aromatic carbocycles. The molecule has 0 saturated heterocycles. The van der Waals surface area contributed by atoms with Crippen LogP contribution in [0.5, 0.6) is 0 Å². The Kier molecular flexibility index (Phi) is 8.92. The van der Waals surface area contributed by atoms with E-state index >= 15 is 0 Å². The summed E-state index contributed by atoms with van der Waals surface area (Å²) in [7, 11) is 0. The lowest BCUT2D eigenvalue weighted by Crippen LogP contribution is -2.28. The van der Waals surface area contributed by atoms with Gasteiger partial charge in [0.2, 0.25) is 0 Å². The normalized spacial score (nSPS) is 12.8. The van der Waals surface area contributed by atoms with E-state index in [-0.39, 0.29) is 0 Å². The number of rotatable bonds is 10. The standard InChI is InChI=1S/C17H28ClNO/c1-4-20-10-9-15(13-19-12-14(2)3)11-16-7-5-6-8-17(16)18/h5-8,14-15,19H,4,9-13H2,1-3H3. The molecule has 0 aliphatic heterocycles. The monoisotopic (exact) mass is 297 g/mol. The fourth-order valence-corrected chi connectivity index (χ4v) is 2.43. The van der Waals surface area contributed by atoms with Gasteiger partial charge < -0.3 is 10.1 Å². The summed E-state index contributed by atoms with van der Waals surface area (Å²) in [6.45, 7) is 10.2. The molecule has 0 aliphatic carbocycles. The minimum Gasteiger partial charge on any atom is -0.382 e. The number of hydrogen-bond acceptors (Lipinski definition) is 2. The Bertz CT molecular complexity index is 368. The number of nitrogens with one attached hydrogen (secondary N) is 1. The highest BCUT2D eigenvalue weighted by Crippen LogP contribution is 2.20. The Hall–Kier alpha value is -0.570. The molecule has 0 saturated carbocycles. The van der Waals surface area contributed by atoms with Crippen molar-refractivity contribution in [2.75, 3.05) is 26.3 Å². The summed E-state index contributed by atoms with van der Waals surface area (Å²) in [5, 5.41) is 4.43. The minimum absolute atomic E-state index is 0.570. The van der Waals surface area contributed by atoms with Gasteiger partial charge in [-0.15, -0.1) is 0 Å². The van der Waals surface area contributed by atoms with Gasteiger partial charge in [0, 0.05) is 18.2 Å². The van der Waals surface area contributed by atoms with E-state index in [0.717, 1.165) is 44.2 Å². The van der Waals surface area contributed by atoms with E-state index < -0.39 is 0 Å². The molecule has 114 valence electrons. The molecule has 1 atom stereocenters. The van der Waals surface area contributed by atoms with Gasteiger partial charge in [-0.2, -0.15) is 0 Å². The molecule has 0 amide bonds. The molecular weight excluding hydrogens is 270 g/mol. The maximum Gasteiger partial charge on any atom is 0.0469 e. The highest BCUT2D eigenvalue weighted by molar-refractivity contribution is 6.31. The molecule has 0 radical (unpaired) electrons. The van der Waals surface area contributed by atoms with Crippen LogP contribution in [0.3, 0.4) is 0 Å². The third-order valence-corrected chi connectivity index (χ3v) is 3.70. The van der Waals surface area contributed by atoms with Crippen LogP contribution in [0.1, 0.15) is 32.8 Å². The number of ether oxygens (including phenoxy) is 1. The smallest absolute Gasteiger partial charge is 0.0469 e. The predicted molar refractivity (Wildman–Crippen MR) is 87.5 cm³/mol. The van der Waals surface area contributed by atoms with Crippen molar-refractivity contribution in [2.24, 2.45) is 11.8 Å². The Balaban J connectivity index is 2.50. The maximum atomic E-state index is 6.26. The average molecular weight is 298 g/mol. The van der Waals surface area contributed by atoms with E-state index in [1.165, 1.54) is 5.56 Å². The largest absolute Gasteiger partial charge is 0.382 e. The summed E-state index contributed by atoms with van der Waals surface area (Å²) in [6, 6.07) is 8.14. The van der Waals surface area contributed by atoms with E-state index in [1.54, 1.807) is 0 Å². The van der Waals surface area contributed by atoms with Crippen LogP contribution in [-0.4, -0.2) is 26.3 Å². The maximum absolute atomic E-state index is 6.26. The van der Waals surface area contributed by atoms with Crippen molar-refractivity contribution >= 4 is 11.6 Å². The van der Waals surface area contributed by atoms with Crippen molar-refractivity contribution in [1.29, 1.82) is 0 Å². The lowest BCUT2D eigenvalue weighted by molar-refractivity contribution is 0.131. The molecule has 0 aromatic heterocycles. The van der Waals surface area contributed by atoms with Crippen LogP contribution in [-0.2, 0) is 11.2 Å². The summed E-state index contributed by atoms with van der Waals surface area (Å²) in [5.41, 5.74) is 1.24. The molecule has 0 bridgehead atoms. The summed E-state index contributed by atoms with van der Waals surface area (Å²) in [6.07, 6.45) is 2.09. The minimum atomic E-state index is 0.570. The summed E-state index contributed by atoms with van der Waals surface area (Å²) >= 11 is 6.26. The van der Waals surface area contributed by atoms with Crippen molar-refractivity contribution in [1.82, 2.24) is 5.32 Å². The molecule has 1 unspecified atom stereocenters. The van der Waals surface area contributed by atoms with Gasteiger partial charge in [-0.25, -0.2) is 0 Å². The summed E-state index contributed by atoms with van der Waals surface area (Å²) in [5.74, 6) is 1.25. The van der Waals surface area contributed by atoms with Crippen LogP contribution in [0.2, 0.25) is 5.02 Å². The average Bonchev–Trinajstić information content (AvgIpc) is 2.41. The lowest BCUT2D eigenvalue weighted by Gasteiger charge is -2.19. The highest BCUT2D eigenvalue weighted by Gasteiger charge is 2.12. The van der Waals surface area contributed by atoms with Crippen molar-refractivity contribution in [2.45, 2.75) is 33.6 Å². The van der Waals surface area contributed by atoms with Crippen LogP contribution in [0.4, 0.5) is 0 Å². The molecule has 0 fully saturated rings. The first-order chi connectivity index (χ1) is 9.63. The first-order valence-corrected chi connectivity index (χ1v) is 8.03. The quantitative estimate of drug-likeness (QED) is 0.654. The summed E-state index contributed by atoms with van der Waals surface area (Å²) in [4.78, 5) is 0. The molecule has 1 aromatic rings. The third kappa shape index (κ3) is 7.28. The Morgan fingerprint density at radius 3 is 2.60 bits per heavy atom. The van der Waals surface area contributed by atoms with Gasteiger partial charge in [0.05, 0.1) is 0 Å². The van der Waals surface area contributed by atoms with Gasteiger partial charge in [-0.1, -0.05) is 43.6 Å². The highest BCUT2D eigenvalue weighted by atomic mass is 35.5. The Morgan fingerprint density at radius 2 is 1.95 bits per heavy atom. The Labute approximate surface area is 128 Å². The second-order valence-corrected chi connectivity index (χ2v) is 6.11. The predicted octanol–water partition coefficient (Wildman–Crippen LogP) is 4.17. The lowest BCUT2D eigenvalue weighted by atomic mass is 9.96. The van der Waals surface area contributed by atoms with Crippen LogP contribution in [0, 0.1) is 11.8 Å². The number of hydrogen-bond donors (Lipinski definition) is 1. The zero-order chi connectivity index (χ0) is 14.8. The van der Waals surface area contributed by atoms with Crippen molar-refractivity contribution in [3.8, 4) is 0 Å². The molecular formula is C17H28ClNO. The molecule has 1 rings (SSSR count). The van der Waals surface area contributed by atoms with Crippen LogP contribution in [0.25, 0.3) is 0 Å². The molecule has 0 heterocycles. The van der Waals surface area contributed by atoms with Crippen LogP contribution >= 0.6 is 11.6 Å². The van der Waals surface area contributed by atoms with E-state index in [1.807, 2.05) is 19.1 Å². The first-order valence-electron chi connectivity index (χ1n) is 7.65. The van der Waals surface area contributed by atoms with Gasteiger partial charge in [-0.3, -0.25) is 0 Å². The van der Waals surface area contributed by atoms with Gasteiger partial charge in [0.25, 0.3) is 0 Å². The van der Waals surface area contributed by atoms with Crippen LogP contribution < -0.4 is 5.32 Å². The molecule has 2 nitrogen and oxygen atoms in total. The zero-order valence-electron chi connectivity index (χ0n) is 13.0. The topological polar surface area (TPSA) is 21.3 Å². The second-order valence-electron chi connectivity index (χ2n) is 5.70. The second kappa shape index (κ2) is 10.2. The van der Waals surface area contributed by atoms with E-state index in [4.69, 9.17) is 16.3 Å². The zero-order valence-corrected chi connectivity index (χ0v) is 13.7. The molecule has 0 aliphatic rings. The first kappa shape index (κ1) is 17.5. The molecule has 0 spiro atoms. The van der Waals surface area contributed by atoms with Crippen molar-refractivity contribution in [3.05, 3.63) is 34.9 Å². The number of halogens is 1. The van der Waals surface area contributed by atoms with Gasteiger partial charge in [0.15, 0.2) is 0 Å². The fraction of sp³-hybridized carbons (Fsp3) is 0.647. The third-order valence-electron chi connectivity index (χ3n) is 3.33. The van der Waals surface area contributed by atoms with Crippen LogP contribution in [0.15, 0.2) is 24.3 Å². The van der Waals surface area contributed by atoms with Gasteiger partial charge >= 0.3 is 0 Å². The fourth-order valence-electron chi connectivity index (χ4n) is 2.22. The molecule has 20 heavy (non-hydrogen) atoms. The van der Waals surface area contributed by atoms with E-state index in [0.29, 0.717) is 11.8 Å². The van der Waals surface area contributed by atoms with E-state index in [2.05, 4.69) is 31.3 Å². The van der Waals surface area contributed by atoms with Crippen molar-refractivity contribution < 1.29 is 4.74 Å². The molecule has 3 heteroatoms.